The lowest BCUT2D eigenvalue weighted by atomic mass is 10.1. The first-order chi connectivity index (χ1) is 8.17. The first-order valence-corrected chi connectivity index (χ1v) is 6.71. The summed E-state index contributed by atoms with van der Waals surface area (Å²) in [6.07, 6.45) is 2.44. The van der Waals surface area contributed by atoms with E-state index >= 15 is 0 Å². The molecule has 0 atom stereocenters. The molecule has 0 fully saturated rings. The number of anilines is 1. The fourth-order valence-electron chi connectivity index (χ4n) is 1.90. The van der Waals surface area contributed by atoms with Crippen LogP contribution in [-0.4, -0.2) is 13.1 Å². The number of nitrogens with zero attached hydrogens (tertiary/aromatic N) is 1. The summed E-state index contributed by atoms with van der Waals surface area (Å²) in [4.78, 5) is 2.47. The molecule has 0 amide bonds. The molecule has 0 saturated carbocycles. The van der Waals surface area contributed by atoms with Gasteiger partial charge in [-0.05, 0) is 36.5 Å². The van der Waals surface area contributed by atoms with Crippen LogP contribution >= 0.6 is 0 Å². The third-order valence-electron chi connectivity index (χ3n) is 3.01. The second-order valence-electron chi connectivity index (χ2n) is 5.04. The first-order valence-electron chi connectivity index (χ1n) is 6.71. The number of hydrogen-bond acceptors (Lipinski definition) is 2. The number of nitrogens with two attached hydrogens (primary N) is 1. The van der Waals surface area contributed by atoms with Gasteiger partial charge in [-0.1, -0.05) is 32.9 Å². The van der Waals surface area contributed by atoms with Gasteiger partial charge in [0.25, 0.3) is 0 Å². The Kier molecular flexibility index (Phi) is 6.06. The molecule has 0 spiro atoms. The first kappa shape index (κ1) is 14.0. The predicted octanol–water partition coefficient (Wildman–Crippen LogP) is 3.41. The van der Waals surface area contributed by atoms with Gasteiger partial charge in [-0.15, -0.1) is 0 Å². The third kappa shape index (κ3) is 4.78. The third-order valence-corrected chi connectivity index (χ3v) is 3.01. The Labute approximate surface area is 106 Å². The molecule has 0 bridgehead atoms. The van der Waals surface area contributed by atoms with Crippen molar-refractivity contribution >= 4 is 5.69 Å². The summed E-state index contributed by atoms with van der Waals surface area (Å²) in [5.74, 6) is 0.762. The zero-order valence-corrected chi connectivity index (χ0v) is 11.4. The molecule has 96 valence electrons. The molecule has 2 heteroatoms. The molecule has 0 unspecified atom stereocenters. The van der Waals surface area contributed by atoms with Crippen LogP contribution in [0.3, 0.4) is 0 Å². The maximum absolute atomic E-state index is 5.62. The maximum Gasteiger partial charge on any atom is 0.0366 e. The van der Waals surface area contributed by atoms with Crippen molar-refractivity contribution in [2.45, 2.75) is 40.2 Å². The van der Waals surface area contributed by atoms with Gasteiger partial charge in [0.2, 0.25) is 0 Å². The lowest BCUT2D eigenvalue weighted by Gasteiger charge is -2.25. The summed E-state index contributed by atoms with van der Waals surface area (Å²) in [7, 11) is 0. The highest BCUT2D eigenvalue weighted by Crippen LogP contribution is 2.17. The minimum atomic E-state index is 0.625. The van der Waals surface area contributed by atoms with Crippen LogP contribution < -0.4 is 10.6 Å². The van der Waals surface area contributed by atoms with Crippen molar-refractivity contribution in [3.8, 4) is 0 Å². The molecule has 1 aromatic carbocycles. The van der Waals surface area contributed by atoms with Crippen LogP contribution in [0.25, 0.3) is 0 Å². The summed E-state index contributed by atoms with van der Waals surface area (Å²) in [5.41, 5.74) is 8.15. The van der Waals surface area contributed by atoms with Gasteiger partial charge in [0.15, 0.2) is 0 Å². The van der Waals surface area contributed by atoms with E-state index in [-0.39, 0.29) is 0 Å². The van der Waals surface area contributed by atoms with Crippen LogP contribution in [0.1, 0.15) is 39.2 Å². The van der Waals surface area contributed by atoms with E-state index in [2.05, 4.69) is 49.9 Å². The van der Waals surface area contributed by atoms with Gasteiger partial charge in [-0.3, -0.25) is 0 Å². The summed E-state index contributed by atoms with van der Waals surface area (Å²) in [6, 6.07) is 8.65. The highest BCUT2D eigenvalue weighted by Gasteiger charge is 2.06. The lowest BCUT2D eigenvalue weighted by molar-refractivity contribution is 0.570. The zero-order chi connectivity index (χ0) is 12.7. The molecule has 0 radical (unpaired) electrons. The quantitative estimate of drug-likeness (QED) is 0.783. The lowest BCUT2D eigenvalue weighted by Crippen LogP contribution is -2.26. The molecular weight excluding hydrogens is 208 g/mol. The van der Waals surface area contributed by atoms with Crippen molar-refractivity contribution in [2.24, 2.45) is 11.7 Å². The van der Waals surface area contributed by atoms with Crippen LogP contribution in [0.2, 0.25) is 0 Å². The van der Waals surface area contributed by atoms with Gasteiger partial charge in [0.05, 0.1) is 0 Å². The van der Waals surface area contributed by atoms with Crippen LogP contribution in [0, 0.1) is 5.92 Å². The van der Waals surface area contributed by atoms with Crippen LogP contribution in [0.15, 0.2) is 24.3 Å². The van der Waals surface area contributed by atoms with Crippen molar-refractivity contribution in [1.82, 2.24) is 0 Å². The van der Waals surface area contributed by atoms with E-state index in [9.17, 15) is 0 Å². The molecule has 0 aliphatic carbocycles. The molecule has 0 saturated heterocycles. The van der Waals surface area contributed by atoms with Crippen molar-refractivity contribution in [1.29, 1.82) is 0 Å². The maximum atomic E-state index is 5.62. The Balaban J connectivity index is 2.67. The van der Waals surface area contributed by atoms with Gasteiger partial charge >= 0.3 is 0 Å². The van der Waals surface area contributed by atoms with E-state index in [0.717, 1.165) is 19.0 Å². The number of hydrogen-bond donors (Lipinski definition) is 1. The number of rotatable bonds is 7. The minimum Gasteiger partial charge on any atom is -0.372 e. The number of benzene rings is 1. The Morgan fingerprint density at radius 3 is 2.24 bits per heavy atom. The van der Waals surface area contributed by atoms with Crippen molar-refractivity contribution in [3.05, 3.63) is 29.8 Å². The smallest absolute Gasteiger partial charge is 0.0366 e. The van der Waals surface area contributed by atoms with Crippen molar-refractivity contribution in [3.63, 3.8) is 0 Å². The Morgan fingerprint density at radius 2 is 1.76 bits per heavy atom. The van der Waals surface area contributed by atoms with Crippen LogP contribution in [0.5, 0.6) is 0 Å². The second kappa shape index (κ2) is 7.33. The van der Waals surface area contributed by atoms with E-state index < -0.39 is 0 Å². The molecule has 0 heterocycles. The average molecular weight is 234 g/mol. The van der Waals surface area contributed by atoms with Gasteiger partial charge in [0.1, 0.15) is 0 Å². The molecule has 17 heavy (non-hydrogen) atoms. The molecule has 1 rings (SSSR count). The Morgan fingerprint density at radius 1 is 1.12 bits per heavy atom. The van der Waals surface area contributed by atoms with Gasteiger partial charge < -0.3 is 10.6 Å². The molecule has 1 aromatic rings. The second-order valence-corrected chi connectivity index (χ2v) is 5.04. The van der Waals surface area contributed by atoms with E-state index in [1.54, 1.807) is 0 Å². The van der Waals surface area contributed by atoms with Crippen molar-refractivity contribution in [2.75, 3.05) is 18.0 Å². The van der Waals surface area contributed by atoms with Crippen molar-refractivity contribution < 1.29 is 0 Å². The highest BCUT2D eigenvalue weighted by molar-refractivity contribution is 5.47. The summed E-state index contributed by atoms with van der Waals surface area (Å²) in [5, 5.41) is 0. The molecule has 2 nitrogen and oxygen atoms in total. The topological polar surface area (TPSA) is 29.3 Å². The van der Waals surface area contributed by atoms with E-state index in [4.69, 9.17) is 5.73 Å². The molecule has 0 aliphatic rings. The van der Waals surface area contributed by atoms with Gasteiger partial charge in [-0.2, -0.15) is 0 Å². The molecule has 0 aromatic heterocycles. The van der Waals surface area contributed by atoms with E-state index in [1.165, 1.54) is 24.1 Å². The Bertz CT molecular complexity index is 303. The summed E-state index contributed by atoms with van der Waals surface area (Å²) in [6.45, 7) is 9.70. The summed E-state index contributed by atoms with van der Waals surface area (Å²) >= 11 is 0. The van der Waals surface area contributed by atoms with Gasteiger partial charge in [0, 0.05) is 25.3 Å². The zero-order valence-electron chi connectivity index (χ0n) is 11.4. The molecular formula is C15H26N2. The predicted molar refractivity (Wildman–Crippen MR) is 76.3 cm³/mol. The fraction of sp³-hybridized carbons (Fsp3) is 0.600. The minimum absolute atomic E-state index is 0.625. The fourth-order valence-corrected chi connectivity index (χ4v) is 1.90. The molecule has 2 N–H and O–H groups in total. The van der Waals surface area contributed by atoms with Crippen LogP contribution in [0.4, 0.5) is 5.69 Å². The normalized spacial score (nSPS) is 10.9. The van der Waals surface area contributed by atoms with Gasteiger partial charge in [-0.25, -0.2) is 0 Å². The largest absolute Gasteiger partial charge is 0.372 e. The SMILES string of the molecule is CCCN(CCC(C)C)c1ccc(CN)cc1. The molecule has 0 aliphatic heterocycles. The Hall–Kier alpha value is -1.02. The van der Waals surface area contributed by atoms with E-state index in [1.807, 2.05) is 0 Å². The summed E-state index contributed by atoms with van der Waals surface area (Å²) < 4.78 is 0. The standard InChI is InChI=1S/C15H26N2/c1-4-10-17(11-9-13(2)3)15-7-5-14(12-16)6-8-15/h5-8,13H,4,9-12,16H2,1-3H3. The monoisotopic (exact) mass is 234 g/mol. The average Bonchev–Trinajstić information content (AvgIpc) is 2.34. The highest BCUT2D eigenvalue weighted by atomic mass is 15.1. The van der Waals surface area contributed by atoms with Crippen LogP contribution in [-0.2, 0) is 6.54 Å². The van der Waals surface area contributed by atoms with E-state index in [0.29, 0.717) is 6.54 Å².